The number of rotatable bonds is 8. The van der Waals surface area contributed by atoms with Crippen molar-refractivity contribution in [2.24, 2.45) is 0 Å². The van der Waals surface area contributed by atoms with E-state index >= 15 is 0 Å². The zero-order valence-electron chi connectivity index (χ0n) is 14.0. The molecule has 0 aliphatic carbocycles. The Morgan fingerprint density at radius 3 is 2.44 bits per heavy atom. The normalized spacial score (nSPS) is 11.4. The van der Waals surface area contributed by atoms with Crippen molar-refractivity contribution in [1.82, 2.24) is 5.32 Å². The molecule has 1 aromatic carbocycles. The second-order valence-corrected chi connectivity index (χ2v) is 6.08. The quantitative estimate of drug-likeness (QED) is 0.577. The molecule has 25 heavy (non-hydrogen) atoms. The Balaban J connectivity index is 2.14. The van der Waals surface area contributed by atoms with E-state index in [0.717, 1.165) is 0 Å². The van der Waals surface area contributed by atoms with Crippen molar-refractivity contribution in [2.75, 3.05) is 13.7 Å². The van der Waals surface area contributed by atoms with Gasteiger partial charge < -0.3 is 14.8 Å². The third kappa shape index (κ3) is 5.15. The highest BCUT2D eigenvalue weighted by Crippen LogP contribution is 2.22. The number of benzene rings is 1. The maximum atomic E-state index is 12.5. The molecule has 7 heteroatoms. The van der Waals surface area contributed by atoms with Gasteiger partial charge in [-0.15, -0.1) is 11.3 Å². The number of amides is 1. The molecule has 0 saturated carbocycles. The highest BCUT2D eigenvalue weighted by atomic mass is 32.1. The first-order chi connectivity index (χ1) is 12.0. The van der Waals surface area contributed by atoms with Crippen LogP contribution in [0.1, 0.15) is 34.6 Å². The fourth-order valence-electron chi connectivity index (χ4n) is 2.18. The zero-order chi connectivity index (χ0) is 18.2. The Morgan fingerprint density at radius 1 is 1.16 bits per heavy atom. The van der Waals surface area contributed by atoms with Gasteiger partial charge in [-0.1, -0.05) is 6.07 Å². The Hall–Kier alpha value is -2.67. The number of hydrogen-bond acceptors (Lipinski definition) is 6. The van der Waals surface area contributed by atoms with E-state index in [-0.39, 0.29) is 13.0 Å². The van der Waals surface area contributed by atoms with Crippen LogP contribution in [0.15, 0.2) is 41.8 Å². The number of hydrogen-bond donors (Lipinski definition) is 1. The van der Waals surface area contributed by atoms with Crippen molar-refractivity contribution < 1.29 is 23.9 Å². The van der Waals surface area contributed by atoms with Gasteiger partial charge >= 0.3 is 5.97 Å². The Labute approximate surface area is 149 Å². The molecule has 2 rings (SSSR count). The summed E-state index contributed by atoms with van der Waals surface area (Å²) in [6.07, 6.45) is -0.390. The van der Waals surface area contributed by atoms with Crippen molar-refractivity contribution in [1.29, 1.82) is 0 Å². The molecular weight excluding hydrogens is 342 g/mol. The van der Waals surface area contributed by atoms with Crippen LogP contribution in [-0.2, 0) is 14.3 Å². The smallest absolute Gasteiger partial charge is 0.313 e. The van der Waals surface area contributed by atoms with Crippen molar-refractivity contribution in [3.8, 4) is 5.75 Å². The van der Waals surface area contributed by atoms with Crippen molar-refractivity contribution in [3.05, 3.63) is 52.2 Å². The summed E-state index contributed by atoms with van der Waals surface area (Å²) >= 11 is 1.34. The first kappa shape index (κ1) is 18.7. The number of carbonyl (C=O) groups excluding carboxylic acids is 3. The first-order valence-electron chi connectivity index (χ1n) is 7.71. The number of ether oxygens (including phenoxy) is 2. The Kier molecular flexibility index (Phi) is 6.71. The van der Waals surface area contributed by atoms with Crippen molar-refractivity contribution in [3.63, 3.8) is 0 Å². The summed E-state index contributed by atoms with van der Waals surface area (Å²) in [5, 5.41) is 4.50. The molecule has 0 saturated heterocycles. The van der Waals surface area contributed by atoms with Gasteiger partial charge in [0.2, 0.25) is 0 Å². The molecule has 132 valence electrons. The third-order valence-electron chi connectivity index (χ3n) is 3.40. The van der Waals surface area contributed by atoms with Crippen LogP contribution in [-0.4, -0.2) is 31.4 Å². The van der Waals surface area contributed by atoms with Gasteiger partial charge in [-0.05, 0) is 42.6 Å². The van der Waals surface area contributed by atoms with Gasteiger partial charge in [-0.2, -0.15) is 0 Å². The number of thiophene rings is 1. The minimum absolute atomic E-state index is 0.202. The zero-order valence-corrected chi connectivity index (χ0v) is 14.8. The maximum Gasteiger partial charge on any atom is 0.313 e. The van der Waals surface area contributed by atoms with Crippen LogP contribution in [0.5, 0.6) is 5.75 Å². The van der Waals surface area contributed by atoms with Gasteiger partial charge in [0.25, 0.3) is 5.91 Å². The molecule has 1 aromatic heterocycles. The highest BCUT2D eigenvalue weighted by Gasteiger charge is 2.26. The minimum atomic E-state index is -0.890. The highest BCUT2D eigenvalue weighted by molar-refractivity contribution is 7.10. The fraction of sp³-hybridized carbons (Fsp3) is 0.278. The van der Waals surface area contributed by atoms with Crippen molar-refractivity contribution >= 4 is 29.0 Å². The van der Waals surface area contributed by atoms with Crippen LogP contribution in [0.2, 0.25) is 0 Å². The Bertz CT molecular complexity index is 724. The topological polar surface area (TPSA) is 81.7 Å². The molecule has 1 heterocycles. The standard InChI is InChI=1S/C18H19NO5S/c1-3-24-16(21)11-14(20)17(15-5-4-10-25-15)19-18(22)12-6-8-13(23-2)9-7-12/h4-10,17H,3,11H2,1-2H3,(H,19,22). The lowest BCUT2D eigenvalue weighted by molar-refractivity contribution is -0.145. The molecule has 1 N–H and O–H groups in total. The summed E-state index contributed by atoms with van der Waals surface area (Å²) in [5.41, 5.74) is 0.395. The van der Waals surface area contributed by atoms with E-state index in [1.165, 1.54) is 18.4 Å². The third-order valence-corrected chi connectivity index (χ3v) is 4.34. The molecule has 1 amide bonds. The van der Waals surface area contributed by atoms with Gasteiger partial charge in [0.1, 0.15) is 18.2 Å². The van der Waals surface area contributed by atoms with Crippen LogP contribution < -0.4 is 10.1 Å². The van der Waals surface area contributed by atoms with Gasteiger partial charge in [0, 0.05) is 10.4 Å². The monoisotopic (exact) mass is 361 g/mol. The number of ketones is 1. The van der Waals surface area contributed by atoms with E-state index in [0.29, 0.717) is 16.2 Å². The van der Waals surface area contributed by atoms with Crippen LogP contribution in [0.4, 0.5) is 0 Å². The van der Waals surface area contributed by atoms with Crippen LogP contribution in [0.25, 0.3) is 0 Å². The molecule has 1 atom stereocenters. The van der Waals surface area contributed by atoms with E-state index in [1.54, 1.807) is 48.7 Å². The predicted octanol–water partition coefficient (Wildman–Crippen LogP) is 2.75. The fourth-order valence-corrected chi connectivity index (χ4v) is 2.98. The lowest BCUT2D eigenvalue weighted by Crippen LogP contribution is -2.34. The predicted molar refractivity (Wildman–Crippen MR) is 93.8 cm³/mol. The van der Waals surface area contributed by atoms with Crippen LogP contribution >= 0.6 is 11.3 Å². The van der Waals surface area contributed by atoms with Crippen LogP contribution in [0, 0.1) is 0 Å². The average Bonchev–Trinajstić information content (AvgIpc) is 3.13. The van der Waals surface area contributed by atoms with E-state index in [1.807, 2.05) is 0 Å². The lowest BCUT2D eigenvalue weighted by Gasteiger charge is -2.16. The summed E-state index contributed by atoms with van der Waals surface area (Å²) in [6, 6.07) is 9.17. The molecule has 2 aromatic rings. The minimum Gasteiger partial charge on any atom is -0.497 e. The summed E-state index contributed by atoms with van der Waals surface area (Å²) < 4.78 is 9.87. The van der Waals surface area contributed by atoms with E-state index < -0.39 is 23.7 Å². The first-order valence-corrected chi connectivity index (χ1v) is 8.59. The summed E-state index contributed by atoms with van der Waals surface area (Å²) in [4.78, 5) is 37.2. The van der Waals surface area contributed by atoms with E-state index in [4.69, 9.17) is 9.47 Å². The molecule has 0 fully saturated rings. The molecule has 1 unspecified atom stereocenters. The van der Waals surface area contributed by atoms with Gasteiger partial charge in [0.05, 0.1) is 13.7 Å². The number of esters is 1. The number of Topliss-reactive ketones (excluding diaryl/α,β-unsaturated/α-hetero) is 1. The lowest BCUT2D eigenvalue weighted by atomic mass is 10.1. The van der Waals surface area contributed by atoms with E-state index in [2.05, 4.69) is 5.32 Å². The molecule has 0 aliphatic rings. The van der Waals surface area contributed by atoms with Crippen molar-refractivity contribution in [2.45, 2.75) is 19.4 Å². The number of nitrogens with one attached hydrogen (secondary N) is 1. The second kappa shape index (κ2) is 8.98. The van der Waals surface area contributed by atoms with Gasteiger partial charge in [-0.25, -0.2) is 0 Å². The largest absolute Gasteiger partial charge is 0.497 e. The summed E-state index contributed by atoms with van der Waals surface area (Å²) in [5.74, 6) is -0.793. The van der Waals surface area contributed by atoms with E-state index in [9.17, 15) is 14.4 Å². The summed E-state index contributed by atoms with van der Waals surface area (Å²) in [6.45, 7) is 1.87. The summed E-state index contributed by atoms with van der Waals surface area (Å²) in [7, 11) is 1.54. The van der Waals surface area contributed by atoms with Gasteiger partial charge in [0.15, 0.2) is 5.78 Å². The SMILES string of the molecule is CCOC(=O)CC(=O)C(NC(=O)c1ccc(OC)cc1)c1cccs1. The molecule has 0 bridgehead atoms. The maximum absolute atomic E-state index is 12.5. The molecular formula is C18H19NO5S. The van der Waals surface area contributed by atoms with Gasteiger partial charge in [-0.3, -0.25) is 14.4 Å². The Morgan fingerprint density at radius 2 is 1.88 bits per heavy atom. The number of carbonyl (C=O) groups is 3. The molecule has 0 aliphatic heterocycles. The van der Waals surface area contributed by atoms with Crippen LogP contribution in [0.3, 0.4) is 0 Å². The number of methoxy groups -OCH3 is 1. The molecule has 6 nitrogen and oxygen atoms in total. The second-order valence-electron chi connectivity index (χ2n) is 5.10. The molecule has 0 radical (unpaired) electrons. The molecule has 0 spiro atoms. The average molecular weight is 361 g/mol.